The molecule has 2 N–H and O–H groups in total. The van der Waals surface area contributed by atoms with Crippen molar-refractivity contribution in [1.82, 2.24) is 34.8 Å². The lowest BCUT2D eigenvalue weighted by molar-refractivity contribution is -0.137. The second kappa shape index (κ2) is 8.38. The monoisotopic (exact) mass is 439 g/mol. The molecule has 0 fully saturated rings. The molecule has 12 heteroatoms. The van der Waals surface area contributed by atoms with Gasteiger partial charge < -0.3 is 9.88 Å². The predicted octanol–water partition coefficient (Wildman–Crippen LogP) is 3.17. The van der Waals surface area contributed by atoms with Crippen LogP contribution in [0.1, 0.15) is 47.2 Å². The van der Waals surface area contributed by atoms with Crippen molar-refractivity contribution < 1.29 is 18.0 Å². The Kier molecular flexibility index (Phi) is 6.06. The number of aromatic amines is 1. The SMILES string of the molecule is CC(C)c1c(C(=O)NCCc2n[nH]c(=S)n2C)cnn1-c1ccc(C(F)(F)F)cn1. The second-order valence-electron chi connectivity index (χ2n) is 6.92. The molecule has 0 unspecified atom stereocenters. The maximum absolute atomic E-state index is 12.8. The van der Waals surface area contributed by atoms with E-state index < -0.39 is 11.7 Å². The van der Waals surface area contributed by atoms with Gasteiger partial charge in [-0.25, -0.2) is 9.67 Å². The lowest BCUT2D eigenvalue weighted by Crippen LogP contribution is -2.27. The van der Waals surface area contributed by atoms with Crippen LogP contribution in [0.4, 0.5) is 13.2 Å². The van der Waals surface area contributed by atoms with Crippen LogP contribution in [0.5, 0.6) is 0 Å². The highest BCUT2D eigenvalue weighted by Crippen LogP contribution is 2.29. The first-order valence-electron chi connectivity index (χ1n) is 9.09. The summed E-state index contributed by atoms with van der Waals surface area (Å²) in [6.07, 6.45) is -1.86. The second-order valence-corrected chi connectivity index (χ2v) is 7.31. The van der Waals surface area contributed by atoms with Gasteiger partial charge in [-0.05, 0) is 30.3 Å². The van der Waals surface area contributed by atoms with E-state index in [1.807, 2.05) is 13.8 Å². The van der Waals surface area contributed by atoms with E-state index in [0.29, 0.717) is 34.8 Å². The third-order valence-electron chi connectivity index (χ3n) is 4.50. The molecule has 0 spiro atoms. The van der Waals surface area contributed by atoms with Gasteiger partial charge in [0, 0.05) is 26.2 Å². The van der Waals surface area contributed by atoms with E-state index in [1.54, 1.807) is 11.6 Å². The number of halogens is 3. The summed E-state index contributed by atoms with van der Waals surface area (Å²) in [5, 5.41) is 13.8. The molecule has 30 heavy (non-hydrogen) atoms. The van der Waals surface area contributed by atoms with E-state index >= 15 is 0 Å². The molecule has 0 saturated heterocycles. The summed E-state index contributed by atoms with van der Waals surface area (Å²) in [6, 6.07) is 2.17. The van der Waals surface area contributed by atoms with Crippen LogP contribution in [-0.2, 0) is 19.6 Å². The van der Waals surface area contributed by atoms with Gasteiger partial charge in [0.05, 0.1) is 23.0 Å². The number of nitrogens with zero attached hydrogens (tertiary/aromatic N) is 5. The van der Waals surface area contributed by atoms with Crippen LogP contribution >= 0.6 is 12.2 Å². The summed E-state index contributed by atoms with van der Waals surface area (Å²) < 4.78 is 41.9. The molecule has 3 aromatic heterocycles. The molecule has 3 rings (SSSR count). The standard InChI is InChI=1S/C18H20F3N7OS/c1-10(2)15-12(16(29)22-7-6-14-25-26-17(30)27(14)3)9-24-28(15)13-5-4-11(8-23-13)18(19,20)21/h4-5,8-10H,6-7H2,1-3H3,(H,22,29)(H,26,30). The van der Waals surface area contributed by atoms with E-state index in [1.165, 1.54) is 16.9 Å². The van der Waals surface area contributed by atoms with E-state index in [4.69, 9.17) is 12.2 Å². The lowest BCUT2D eigenvalue weighted by atomic mass is 10.1. The van der Waals surface area contributed by atoms with Crippen LogP contribution in [0.2, 0.25) is 0 Å². The van der Waals surface area contributed by atoms with Crippen molar-refractivity contribution in [2.75, 3.05) is 6.54 Å². The van der Waals surface area contributed by atoms with Crippen LogP contribution < -0.4 is 5.32 Å². The zero-order valence-corrected chi connectivity index (χ0v) is 17.3. The zero-order chi connectivity index (χ0) is 22.1. The average molecular weight is 439 g/mol. The highest BCUT2D eigenvalue weighted by Gasteiger charge is 2.31. The van der Waals surface area contributed by atoms with Gasteiger partial charge in [0.2, 0.25) is 0 Å². The first-order chi connectivity index (χ1) is 14.1. The van der Waals surface area contributed by atoms with Crippen LogP contribution in [-0.4, -0.2) is 42.0 Å². The lowest BCUT2D eigenvalue weighted by Gasteiger charge is -2.13. The number of pyridine rings is 1. The minimum absolute atomic E-state index is 0.121. The van der Waals surface area contributed by atoms with Crippen molar-refractivity contribution in [3.05, 3.63) is 51.9 Å². The van der Waals surface area contributed by atoms with Gasteiger partial charge >= 0.3 is 6.18 Å². The first kappa shape index (κ1) is 21.7. The van der Waals surface area contributed by atoms with Crippen LogP contribution in [0.15, 0.2) is 24.5 Å². The molecule has 3 aromatic rings. The van der Waals surface area contributed by atoms with Crippen molar-refractivity contribution >= 4 is 18.1 Å². The molecule has 8 nitrogen and oxygen atoms in total. The Morgan fingerprint density at radius 1 is 1.30 bits per heavy atom. The summed E-state index contributed by atoms with van der Waals surface area (Å²) in [7, 11) is 1.78. The number of H-pyrrole nitrogens is 1. The summed E-state index contributed by atoms with van der Waals surface area (Å²) in [4.78, 5) is 16.6. The Bertz CT molecular complexity index is 1100. The number of amides is 1. The molecule has 160 valence electrons. The molecular weight excluding hydrogens is 419 g/mol. The Morgan fingerprint density at radius 3 is 2.57 bits per heavy atom. The zero-order valence-electron chi connectivity index (χ0n) is 16.5. The van der Waals surface area contributed by atoms with Gasteiger partial charge in [-0.15, -0.1) is 0 Å². The Labute approximate surface area is 175 Å². The molecule has 0 aliphatic heterocycles. The fraction of sp³-hybridized carbons (Fsp3) is 0.389. The quantitative estimate of drug-likeness (QED) is 0.576. The van der Waals surface area contributed by atoms with E-state index in [2.05, 4.69) is 25.6 Å². The number of alkyl halides is 3. The Hall–Kier alpha value is -3.02. The fourth-order valence-corrected chi connectivity index (χ4v) is 3.09. The minimum Gasteiger partial charge on any atom is -0.351 e. The largest absolute Gasteiger partial charge is 0.417 e. The molecule has 0 saturated carbocycles. The summed E-state index contributed by atoms with van der Waals surface area (Å²) in [5.74, 6) is 0.444. The number of hydrogen-bond donors (Lipinski definition) is 2. The molecule has 0 bridgehead atoms. The van der Waals surface area contributed by atoms with Crippen LogP contribution in [0.3, 0.4) is 0 Å². The molecule has 1 amide bonds. The van der Waals surface area contributed by atoms with Gasteiger partial charge in [-0.3, -0.25) is 9.89 Å². The van der Waals surface area contributed by atoms with E-state index in [9.17, 15) is 18.0 Å². The molecule has 0 atom stereocenters. The van der Waals surface area contributed by atoms with Crippen molar-refractivity contribution in [1.29, 1.82) is 0 Å². The van der Waals surface area contributed by atoms with Crippen molar-refractivity contribution in [3.8, 4) is 5.82 Å². The van der Waals surface area contributed by atoms with Crippen molar-refractivity contribution in [3.63, 3.8) is 0 Å². The molecule has 0 radical (unpaired) electrons. The third-order valence-corrected chi connectivity index (χ3v) is 4.86. The predicted molar refractivity (Wildman–Crippen MR) is 105 cm³/mol. The minimum atomic E-state index is -4.47. The van der Waals surface area contributed by atoms with Gasteiger partial charge in [0.25, 0.3) is 5.91 Å². The Balaban J connectivity index is 1.79. The maximum Gasteiger partial charge on any atom is 0.417 e. The normalized spacial score (nSPS) is 11.8. The van der Waals surface area contributed by atoms with Gasteiger partial charge in [-0.1, -0.05) is 13.8 Å². The van der Waals surface area contributed by atoms with E-state index in [-0.39, 0.29) is 17.6 Å². The summed E-state index contributed by atoms with van der Waals surface area (Å²) >= 11 is 5.05. The fourth-order valence-electron chi connectivity index (χ4n) is 2.94. The van der Waals surface area contributed by atoms with Crippen LogP contribution in [0, 0.1) is 4.77 Å². The number of nitrogens with one attached hydrogen (secondary N) is 2. The topological polar surface area (TPSA) is 93.4 Å². The van der Waals surface area contributed by atoms with E-state index in [0.717, 1.165) is 12.3 Å². The number of carbonyl (C=O) groups excluding carboxylic acids is 1. The van der Waals surface area contributed by atoms with Gasteiger partial charge in [-0.2, -0.15) is 23.4 Å². The van der Waals surface area contributed by atoms with Crippen molar-refractivity contribution in [2.45, 2.75) is 32.4 Å². The van der Waals surface area contributed by atoms with Gasteiger partial charge in [0.15, 0.2) is 10.6 Å². The number of hydrogen-bond acceptors (Lipinski definition) is 5. The summed E-state index contributed by atoms with van der Waals surface area (Å²) in [5.41, 5.74) is 0.0382. The number of aromatic nitrogens is 6. The highest BCUT2D eigenvalue weighted by atomic mass is 32.1. The average Bonchev–Trinajstić information content (AvgIpc) is 3.26. The summed E-state index contributed by atoms with van der Waals surface area (Å²) in [6.45, 7) is 4.06. The molecule has 0 aromatic carbocycles. The number of rotatable bonds is 6. The Morgan fingerprint density at radius 2 is 2.03 bits per heavy atom. The first-order valence-corrected chi connectivity index (χ1v) is 9.50. The smallest absolute Gasteiger partial charge is 0.351 e. The third kappa shape index (κ3) is 4.42. The van der Waals surface area contributed by atoms with Crippen LogP contribution in [0.25, 0.3) is 5.82 Å². The molecule has 3 heterocycles. The number of carbonyl (C=O) groups is 1. The maximum atomic E-state index is 12.8. The molecule has 0 aliphatic rings. The van der Waals surface area contributed by atoms with Gasteiger partial charge in [0.1, 0.15) is 5.82 Å². The highest BCUT2D eigenvalue weighted by molar-refractivity contribution is 7.71. The molecular formula is C18H20F3N7OS. The van der Waals surface area contributed by atoms with Crippen molar-refractivity contribution in [2.24, 2.45) is 7.05 Å². The molecule has 0 aliphatic carbocycles.